The van der Waals surface area contributed by atoms with Gasteiger partial charge in [0.2, 0.25) is 0 Å². The van der Waals surface area contributed by atoms with E-state index in [9.17, 15) is 0 Å². The number of rotatable bonds is 3. The fourth-order valence-corrected chi connectivity index (χ4v) is 11.0. The SMILES string of the molecule is c1ccc2c(c1)B1c3ccc(-c4ccc5oc6ccccc6c5c4)cc3-c3cc(-c4ccc5oc6ccccc6c5c4)ccc3N1c1ccc(-c3ccc4oc5ccccc5c4c3)cc1-2. The summed E-state index contributed by atoms with van der Waals surface area (Å²) in [5.74, 6) is 0. The smallest absolute Gasteiger partial charge is 0.329 e. The van der Waals surface area contributed by atoms with Gasteiger partial charge >= 0.3 is 6.85 Å². The summed E-state index contributed by atoms with van der Waals surface area (Å²) in [4.78, 5) is 2.59. The molecule has 0 saturated heterocycles. The molecule has 3 aromatic heterocycles. The molecule has 0 unspecified atom stereocenters. The van der Waals surface area contributed by atoms with Gasteiger partial charge in [-0.15, -0.1) is 0 Å². The Morgan fingerprint density at radius 1 is 0.262 bits per heavy atom. The summed E-state index contributed by atoms with van der Waals surface area (Å²) >= 11 is 0. The van der Waals surface area contributed by atoms with Gasteiger partial charge in [0.15, 0.2) is 0 Å². The van der Waals surface area contributed by atoms with E-state index < -0.39 is 0 Å². The summed E-state index contributed by atoms with van der Waals surface area (Å²) in [5.41, 5.74) is 22.3. The third kappa shape index (κ3) is 5.03. The number of anilines is 2. The first kappa shape index (κ1) is 35.0. The number of furan rings is 3. The van der Waals surface area contributed by atoms with E-state index >= 15 is 0 Å². The third-order valence-corrected chi connectivity index (χ3v) is 14.1. The van der Waals surface area contributed by atoms with Gasteiger partial charge in [-0.1, -0.05) is 121 Å². The standard InChI is InChI=1S/C60H34BNO3/c1-5-13-51-41(9-1)46-30-36(39-21-27-59-49(33-39)43-11-3-7-15-56(43)64-59)18-24-53(46)62-54-25-19-37(40-22-28-60-50(34-40)44-12-4-8-16-57(44)65-60)31-47(54)45-29-35(17-23-52(45)61(51)62)38-20-26-58-48(32-38)42-10-2-6-14-55(42)63-58/h1-34H. The van der Waals surface area contributed by atoms with Gasteiger partial charge in [0.05, 0.1) is 0 Å². The third-order valence-electron chi connectivity index (χ3n) is 14.1. The highest BCUT2D eigenvalue weighted by Gasteiger charge is 2.42. The maximum atomic E-state index is 6.25. The number of benzene rings is 10. The van der Waals surface area contributed by atoms with E-state index in [1.807, 2.05) is 36.4 Å². The largest absolute Gasteiger partial charge is 0.456 e. The zero-order valence-electron chi connectivity index (χ0n) is 34.9. The van der Waals surface area contributed by atoms with Crippen LogP contribution in [0.4, 0.5) is 11.4 Å². The van der Waals surface area contributed by atoms with Crippen molar-refractivity contribution in [1.29, 1.82) is 0 Å². The molecule has 0 saturated carbocycles. The number of hydrogen-bond acceptors (Lipinski definition) is 4. The van der Waals surface area contributed by atoms with Crippen molar-refractivity contribution in [2.24, 2.45) is 0 Å². The first-order valence-electron chi connectivity index (χ1n) is 22.2. The van der Waals surface area contributed by atoms with Gasteiger partial charge in [0.25, 0.3) is 0 Å². The van der Waals surface area contributed by atoms with Crippen molar-refractivity contribution in [3.05, 3.63) is 206 Å². The Kier molecular flexibility index (Phi) is 7.00. The predicted octanol–water partition coefficient (Wildman–Crippen LogP) is 15.3. The minimum Gasteiger partial charge on any atom is -0.456 e. The highest BCUT2D eigenvalue weighted by atomic mass is 16.3. The zero-order chi connectivity index (χ0) is 42.3. The Hall–Kier alpha value is -8.54. The summed E-state index contributed by atoms with van der Waals surface area (Å²) in [7, 11) is 0. The molecular weight excluding hydrogens is 793 g/mol. The molecule has 300 valence electrons. The molecule has 65 heavy (non-hydrogen) atoms. The lowest BCUT2D eigenvalue weighted by atomic mass is 9.43. The fourth-order valence-electron chi connectivity index (χ4n) is 11.0. The van der Waals surface area contributed by atoms with Crippen LogP contribution in [0, 0.1) is 0 Å². The van der Waals surface area contributed by atoms with Gasteiger partial charge < -0.3 is 18.1 Å². The second-order valence-corrected chi connectivity index (χ2v) is 17.6. The van der Waals surface area contributed by atoms with Gasteiger partial charge in [-0.05, 0) is 140 Å². The highest BCUT2D eigenvalue weighted by molar-refractivity contribution is 6.92. The molecule has 13 aromatic rings. The quantitative estimate of drug-likeness (QED) is 0.166. The maximum Gasteiger partial charge on any atom is 0.329 e. The van der Waals surface area contributed by atoms with Crippen LogP contribution in [0.2, 0.25) is 0 Å². The normalized spacial score (nSPS) is 12.9. The van der Waals surface area contributed by atoms with Crippen LogP contribution in [0.3, 0.4) is 0 Å². The van der Waals surface area contributed by atoms with E-state index in [-0.39, 0.29) is 6.85 Å². The summed E-state index contributed by atoms with van der Waals surface area (Å²) in [5, 5.41) is 6.77. The van der Waals surface area contributed by atoms with E-state index in [1.165, 1.54) is 55.7 Å². The van der Waals surface area contributed by atoms with Crippen molar-refractivity contribution in [2.45, 2.75) is 0 Å². The molecule has 0 aliphatic carbocycles. The average Bonchev–Trinajstić information content (AvgIpc) is 4.06. The van der Waals surface area contributed by atoms with Crippen molar-refractivity contribution in [1.82, 2.24) is 0 Å². The van der Waals surface area contributed by atoms with E-state index in [4.69, 9.17) is 13.3 Å². The van der Waals surface area contributed by atoms with Gasteiger partial charge in [0.1, 0.15) is 33.5 Å². The van der Waals surface area contributed by atoms with Crippen LogP contribution in [0.1, 0.15) is 0 Å². The molecule has 4 nitrogen and oxygen atoms in total. The van der Waals surface area contributed by atoms with Crippen LogP contribution in [-0.4, -0.2) is 6.85 Å². The Bertz CT molecular complexity index is 4170. The highest BCUT2D eigenvalue weighted by Crippen LogP contribution is 2.49. The molecule has 0 amide bonds. The number of hydrogen-bond donors (Lipinski definition) is 0. The van der Waals surface area contributed by atoms with Crippen molar-refractivity contribution in [2.75, 3.05) is 4.81 Å². The minimum absolute atomic E-state index is 0.0328. The average molecular weight is 828 g/mol. The van der Waals surface area contributed by atoms with Gasteiger partial charge in [-0.3, -0.25) is 0 Å². The monoisotopic (exact) mass is 827 g/mol. The Labute approximate surface area is 373 Å². The van der Waals surface area contributed by atoms with Gasteiger partial charge in [-0.2, -0.15) is 0 Å². The molecule has 2 aliphatic heterocycles. The minimum atomic E-state index is -0.0328. The lowest BCUT2D eigenvalue weighted by Gasteiger charge is -2.43. The summed E-state index contributed by atoms with van der Waals surface area (Å²) in [6, 6.07) is 74.8. The maximum absolute atomic E-state index is 6.25. The van der Waals surface area contributed by atoms with Gasteiger partial charge in [0, 0.05) is 54.8 Å². The molecular formula is C60H34BNO3. The van der Waals surface area contributed by atoms with Crippen LogP contribution in [-0.2, 0) is 0 Å². The Morgan fingerprint density at radius 3 is 1.12 bits per heavy atom. The van der Waals surface area contributed by atoms with E-state index in [0.29, 0.717) is 0 Å². The molecule has 0 fully saturated rings. The molecule has 0 N–H and O–H groups in total. The molecule has 0 radical (unpaired) electrons. The second kappa shape index (κ2) is 13.0. The summed E-state index contributed by atoms with van der Waals surface area (Å²) in [6.45, 7) is -0.0328. The van der Waals surface area contributed by atoms with Crippen molar-refractivity contribution >= 4 is 95.0 Å². The molecule has 5 heteroatoms. The van der Waals surface area contributed by atoms with Crippen molar-refractivity contribution < 1.29 is 13.3 Å². The molecule has 5 heterocycles. The fraction of sp³-hybridized carbons (Fsp3) is 0. The predicted molar refractivity (Wildman–Crippen MR) is 269 cm³/mol. The van der Waals surface area contributed by atoms with Crippen molar-refractivity contribution in [3.8, 4) is 55.6 Å². The number of para-hydroxylation sites is 3. The summed E-state index contributed by atoms with van der Waals surface area (Å²) in [6.07, 6.45) is 0. The van der Waals surface area contributed by atoms with Crippen LogP contribution in [0.5, 0.6) is 0 Å². The number of nitrogens with zero attached hydrogens (tertiary/aromatic N) is 1. The lowest BCUT2D eigenvalue weighted by molar-refractivity contribution is 0.668. The van der Waals surface area contributed by atoms with E-state index in [0.717, 1.165) is 88.1 Å². The van der Waals surface area contributed by atoms with Crippen LogP contribution in [0.15, 0.2) is 220 Å². The first-order valence-corrected chi connectivity index (χ1v) is 22.2. The molecule has 0 atom stereocenters. The Balaban J connectivity index is 0.934. The molecule has 15 rings (SSSR count). The van der Waals surface area contributed by atoms with Crippen LogP contribution in [0.25, 0.3) is 121 Å². The molecule has 10 aromatic carbocycles. The van der Waals surface area contributed by atoms with Crippen LogP contribution < -0.4 is 15.7 Å². The second-order valence-electron chi connectivity index (χ2n) is 17.6. The lowest BCUT2D eigenvalue weighted by Crippen LogP contribution is -2.59. The summed E-state index contributed by atoms with van der Waals surface area (Å²) < 4.78 is 18.7. The number of fused-ring (bicyclic) bond motifs is 20. The molecule has 2 aliphatic rings. The topological polar surface area (TPSA) is 42.7 Å². The molecule has 0 spiro atoms. The van der Waals surface area contributed by atoms with Crippen LogP contribution >= 0.6 is 0 Å². The Morgan fingerprint density at radius 2 is 0.615 bits per heavy atom. The zero-order valence-corrected chi connectivity index (χ0v) is 34.9. The van der Waals surface area contributed by atoms with Crippen molar-refractivity contribution in [3.63, 3.8) is 0 Å². The van der Waals surface area contributed by atoms with E-state index in [2.05, 4.69) is 175 Å². The first-order chi connectivity index (χ1) is 32.2. The van der Waals surface area contributed by atoms with E-state index in [1.54, 1.807) is 0 Å². The molecule has 0 bridgehead atoms. The van der Waals surface area contributed by atoms with Gasteiger partial charge in [-0.25, -0.2) is 0 Å².